The molecule has 108 valence electrons. The number of nitrogen functional groups attached to an aromatic ring is 1. The van der Waals surface area contributed by atoms with Gasteiger partial charge in [0.2, 0.25) is 5.82 Å². The molecule has 0 fully saturated rings. The molecule has 8 heteroatoms. The molecule has 21 heavy (non-hydrogen) atoms. The third-order valence-corrected chi connectivity index (χ3v) is 2.93. The van der Waals surface area contributed by atoms with Gasteiger partial charge < -0.3 is 15.7 Å². The van der Waals surface area contributed by atoms with Crippen LogP contribution in [0.2, 0.25) is 0 Å². The summed E-state index contributed by atoms with van der Waals surface area (Å²) in [6, 6.07) is 8.90. The highest BCUT2D eigenvalue weighted by Gasteiger charge is 2.15. The molecule has 0 atom stereocenters. The number of carboxylic acids is 1. The van der Waals surface area contributed by atoms with E-state index in [-0.39, 0.29) is 17.1 Å². The first-order valence-electron chi connectivity index (χ1n) is 5.88. The van der Waals surface area contributed by atoms with Crippen molar-refractivity contribution in [3.63, 3.8) is 0 Å². The Labute approximate surface area is 119 Å². The first-order valence-corrected chi connectivity index (χ1v) is 5.88. The molecular formula is C13H12N4O4. The van der Waals surface area contributed by atoms with E-state index in [9.17, 15) is 14.9 Å². The minimum Gasteiger partial charge on any atom is -0.478 e. The maximum Gasteiger partial charge on any atom is 0.335 e. The van der Waals surface area contributed by atoms with Gasteiger partial charge in [-0.1, -0.05) is 0 Å². The van der Waals surface area contributed by atoms with E-state index in [0.29, 0.717) is 11.5 Å². The molecular weight excluding hydrogens is 276 g/mol. The Morgan fingerprint density at radius 1 is 1.29 bits per heavy atom. The molecule has 3 N–H and O–H groups in total. The van der Waals surface area contributed by atoms with Crippen molar-refractivity contribution in [3.8, 4) is 0 Å². The summed E-state index contributed by atoms with van der Waals surface area (Å²) in [6.07, 6.45) is 0. The van der Waals surface area contributed by atoms with E-state index in [1.807, 2.05) is 0 Å². The van der Waals surface area contributed by atoms with E-state index < -0.39 is 10.9 Å². The predicted octanol–water partition coefficient (Wildman–Crippen LogP) is 2.04. The lowest BCUT2D eigenvalue weighted by Gasteiger charge is -2.18. The van der Waals surface area contributed by atoms with E-state index in [4.69, 9.17) is 10.8 Å². The molecule has 0 bridgehead atoms. The summed E-state index contributed by atoms with van der Waals surface area (Å²) in [5.41, 5.74) is 6.14. The van der Waals surface area contributed by atoms with Crippen molar-refractivity contribution in [1.82, 2.24) is 4.98 Å². The van der Waals surface area contributed by atoms with Crippen LogP contribution in [-0.2, 0) is 0 Å². The van der Waals surface area contributed by atoms with Gasteiger partial charge in [-0.15, -0.1) is 0 Å². The zero-order valence-electron chi connectivity index (χ0n) is 11.1. The number of rotatable bonds is 4. The smallest absolute Gasteiger partial charge is 0.335 e. The summed E-state index contributed by atoms with van der Waals surface area (Å²) in [5, 5.41) is 19.5. The van der Waals surface area contributed by atoms with Crippen LogP contribution in [0.4, 0.5) is 23.0 Å². The third-order valence-electron chi connectivity index (χ3n) is 2.93. The largest absolute Gasteiger partial charge is 0.478 e. The summed E-state index contributed by atoms with van der Waals surface area (Å²) in [7, 11) is 1.70. The Hall–Kier alpha value is -3.16. The zero-order valence-corrected chi connectivity index (χ0v) is 11.1. The average molecular weight is 288 g/mol. The quantitative estimate of drug-likeness (QED) is 0.651. The Bertz CT molecular complexity index is 700. The summed E-state index contributed by atoms with van der Waals surface area (Å²) >= 11 is 0. The lowest BCUT2D eigenvalue weighted by molar-refractivity contribution is -0.384. The number of benzene rings is 1. The van der Waals surface area contributed by atoms with Crippen molar-refractivity contribution in [2.75, 3.05) is 17.7 Å². The number of aromatic nitrogens is 1. The van der Waals surface area contributed by atoms with Gasteiger partial charge in [0.15, 0.2) is 0 Å². The van der Waals surface area contributed by atoms with Gasteiger partial charge in [0, 0.05) is 18.8 Å². The lowest BCUT2D eigenvalue weighted by atomic mass is 10.2. The van der Waals surface area contributed by atoms with Crippen molar-refractivity contribution >= 4 is 29.0 Å². The van der Waals surface area contributed by atoms with E-state index in [1.165, 1.54) is 24.3 Å². The standard InChI is InChI=1S/C13H12N4O4/c1-16(9-4-2-8(3-5-9)13(18)19)11-7-6-10(17(20)21)12(14)15-11/h2-7H,1H3,(H2,14,15)(H,18,19). The van der Waals surface area contributed by atoms with Crippen LogP contribution in [0, 0.1) is 10.1 Å². The number of hydrogen-bond acceptors (Lipinski definition) is 6. The van der Waals surface area contributed by atoms with E-state index in [2.05, 4.69) is 4.98 Å². The molecule has 1 heterocycles. The summed E-state index contributed by atoms with van der Waals surface area (Å²) in [5.74, 6) is -0.769. The third kappa shape index (κ3) is 2.89. The number of nitrogens with two attached hydrogens (primary N) is 1. The second-order valence-corrected chi connectivity index (χ2v) is 4.24. The molecule has 8 nitrogen and oxygen atoms in total. The average Bonchev–Trinajstić information content (AvgIpc) is 2.46. The monoisotopic (exact) mass is 288 g/mol. The Balaban J connectivity index is 2.31. The van der Waals surface area contributed by atoms with Crippen molar-refractivity contribution in [1.29, 1.82) is 0 Å². The number of carboxylic acid groups (broad SMARTS) is 1. The molecule has 0 amide bonds. The van der Waals surface area contributed by atoms with Crippen LogP contribution in [0.3, 0.4) is 0 Å². The fourth-order valence-corrected chi connectivity index (χ4v) is 1.76. The maximum atomic E-state index is 10.8. The van der Waals surface area contributed by atoms with Gasteiger partial charge in [0.25, 0.3) is 0 Å². The first-order chi connectivity index (χ1) is 9.90. The fraction of sp³-hybridized carbons (Fsp3) is 0.0769. The van der Waals surface area contributed by atoms with Gasteiger partial charge in [-0.05, 0) is 30.3 Å². The Morgan fingerprint density at radius 2 is 1.90 bits per heavy atom. The minimum atomic E-state index is -1.01. The second kappa shape index (κ2) is 5.45. The van der Waals surface area contributed by atoms with Crippen molar-refractivity contribution in [2.45, 2.75) is 0 Å². The summed E-state index contributed by atoms with van der Waals surface area (Å²) in [4.78, 5) is 26.5. The van der Waals surface area contributed by atoms with Crippen LogP contribution < -0.4 is 10.6 Å². The van der Waals surface area contributed by atoms with Crippen molar-refractivity contribution in [3.05, 3.63) is 52.1 Å². The number of nitrogens with zero attached hydrogens (tertiary/aromatic N) is 3. The number of aromatic carboxylic acids is 1. The molecule has 1 aromatic carbocycles. The molecule has 2 aromatic rings. The van der Waals surface area contributed by atoms with E-state index in [0.717, 1.165) is 0 Å². The fourth-order valence-electron chi connectivity index (χ4n) is 1.76. The molecule has 0 aliphatic heterocycles. The first kappa shape index (κ1) is 14.3. The van der Waals surface area contributed by atoms with Gasteiger partial charge in [-0.3, -0.25) is 10.1 Å². The normalized spacial score (nSPS) is 10.1. The molecule has 0 saturated heterocycles. The minimum absolute atomic E-state index is 0.170. The van der Waals surface area contributed by atoms with Gasteiger partial charge in [0.1, 0.15) is 5.82 Å². The predicted molar refractivity (Wildman–Crippen MR) is 76.8 cm³/mol. The van der Waals surface area contributed by atoms with Gasteiger partial charge in [0.05, 0.1) is 10.5 Å². The van der Waals surface area contributed by atoms with Crippen LogP contribution in [0.15, 0.2) is 36.4 Å². The second-order valence-electron chi connectivity index (χ2n) is 4.24. The van der Waals surface area contributed by atoms with Crippen LogP contribution in [0.25, 0.3) is 0 Å². The van der Waals surface area contributed by atoms with Crippen LogP contribution in [0.1, 0.15) is 10.4 Å². The number of carbonyl (C=O) groups is 1. The molecule has 2 rings (SSSR count). The van der Waals surface area contributed by atoms with Crippen LogP contribution in [0.5, 0.6) is 0 Å². The molecule has 0 aliphatic carbocycles. The highest BCUT2D eigenvalue weighted by Crippen LogP contribution is 2.27. The van der Waals surface area contributed by atoms with Gasteiger partial charge in [-0.2, -0.15) is 0 Å². The van der Waals surface area contributed by atoms with Gasteiger partial charge in [-0.25, -0.2) is 9.78 Å². The molecule has 0 aliphatic rings. The molecule has 0 saturated carbocycles. The van der Waals surface area contributed by atoms with Gasteiger partial charge >= 0.3 is 11.7 Å². The molecule has 1 aromatic heterocycles. The van der Waals surface area contributed by atoms with Crippen molar-refractivity contribution in [2.24, 2.45) is 0 Å². The van der Waals surface area contributed by atoms with Crippen LogP contribution in [-0.4, -0.2) is 28.0 Å². The molecule has 0 radical (unpaired) electrons. The molecule has 0 unspecified atom stereocenters. The number of anilines is 3. The number of hydrogen-bond donors (Lipinski definition) is 2. The zero-order chi connectivity index (χ0) is 15.6. The maximum absolute atomic E-state index is 10.8. The lowest BCUT2D eigenvalue weighted by Crippen LogP contribution is -2.12. The highest BCUT2D eigenvalue weighted by atomic mass is 16.6. The SMILES string of the molecule is CN(c1ccc(C(=O)O)cc1)c1ccc([N+](=O)[O-])c(N)n1. The number of pyridine rings is 1. The van der Waals surface area contributed by atoms with Crippen molar-refractivity contribution < 1.29 is 14.8 Å². The highest BCUT2D eigenvalue weighted by molar-refractivity contribution is 5.88. The Morgan fingerprint density at radius 3 is 2.38 bits per heavy atom. The summed E-state index contributed by atoms with van der Waals surface area (Å²) < 4.78 is 0. The Kier molecular flexibility index (Phi) is 3.70. The van der Waals surface area contributed by atoms with E-state index in [1.54, 1.807) is 24.1 Å². The van der Waals surface area contributed by atoms with Crippen LogP contribution >= 0.6 is 0 Å². The molecule has 0 spiro atoms. The topological polar surface area (TPSA) is 123 Å². The van der Waals surface area contributed by atoms with E-state index >= 15 is 0 Å². The number of nitro groups is 1. The summed E-state index contributed by atoms with van der Waals surface area (Å²) in [6.45, 7) is 0.